The highest BCUT2D eigenvalue weighted by molar-refractivity contribution is 5.40. The Balaban J connectivity index is -0.000000333. The van der Waals surface area contributed by atoms with Gasteiger partial charge in [-0.05, 0) is 12.1 Å². The molecule has 1 nitrogen and oxygen atoms in total. The molecule has 4 heteroatoms. The van der Waals surface area contributed by atoms with E-state index in [1.165, 1.54) is 5.69 Å². The molecule has 0 aliphatic carbocycles. The number of hydrogen-bond acceptors (Lipinski definition) is 0. The third-order valence-corrected chi connectivity index (χ3v) is 1.53. The highest BCUT2D eigenvalue weighted by atomic mass is 79.9. The summed E-state index contributed by atoms with van der Waals surface area (Å²) in [6.45, 7) is 0. The van der Waals surface area contributed by atoms with Crippen molar-refractivity contribution in [2.75, 3.05) is 21.1 Å². The summed E-state index contributed by atoms with van der Waals surface area (Å²) in [6.07, 6.45) is 0. The lowest BCUT2D eigenvalue weighted by atomic mass is 10.3. The van der Waals surface area contributed by atoms with Crippen molar-refractivity contribution in [2.45, 2.75) is 0 Å². The van der Waals surface area contributed by atoms with Crippen LogP contribution in [0.3, 0.4) is 0 Å². The van der Waals surface area contributed by atoms with Gasteiger partial charge in [0.15, 0.2) is 0 Å². The molecule has 1 rings (SSSR count). The molecule has 0 amide bonds. The molecule has 0 saturated heterocycles. The van der Waals surface area contributed by atoms with Crippen LogP contribution < -0.4 is 55.4 Å². The van der Waals surface area contributed by atoms with Crippen LogP contribution in [0.15, 0.2) is 30.3 Å². The Labute approximate surface area is 112 Å². The number of rotatable bonds is 1. The number of hydrogen-bond donors (Lipinski definition) is 0. The minimum atomic E-state index is 0. The molecule has 0 saturated carbocycles. The number of para-hydroxylation sites is 1. The molecule has 0 N–H and O–H groups in total. The van der Waals surface area contributed by atoms with E-state index < -0.39 is 0 Å². The molecule has 0 bridgehead atoms. The van der Waals surface area contributed by atoms with E-state index in [4.69, 9.17) is 0 Å². The maximum Gasteiger partial charge on any atom is 0.132 e. The molecular formula is C9H14Br3N-2. The van der Waals surface area contributed by atoms with E-state index in [1.807, 2.05) is 6.07 Å². The van der Waals surface area contributed by atoms with Crippen LogP contribution in [0.1, 0.15) is 0 Å². The number of quaternary nitrogens is 1. The molecule has 0 fully saturated rings. The molecule has 0 radical (unpaired) electrons. The third-order valence-electron chi connectivity index (χ3n) is 1.53. The van der Waals surface area contributed by atoms with Gasteiger partial charge < -0.3 is 50.9 Å². The van der Waals surface area contributed by atoms with Gasteiger partial charge in [-0.25, -0.2) is 0 Å². The smallest absolute Gasteiger partial charge is 0.132 e. The standard InChI is InChI=1S/C9H14N.3BrH/c1-10(2,3)9-7-5-4-6-8-9;;;/h4-8H,1-3H3;3*1H/q+1;;;/p-3. The van der Waals surface area contributed by atoms with Gasteiger partial charge in [-0.1, -0.05) is 18.2 Å². The lowest BCUT2D eigenvalue weighted by Gasteiger charge is -2.22. The first kappa shape index (κ1) is 19.2. The summed E-state index contributed by atoms with van der Waals surface area (Å²) >= 11 is 0. The molecule has 0 aliphatic heterocycles. The zero-order valence-corrected chi connectivity index (χ0v) is 12.7. The Morgan fingerprint density at radius 3 is 1.38 bits per heavy atom. The molecule has 1 aromatic carbocycles. The van der Waals surface area contributed by atoms with Crippen molar-refractivity contribution in [3.8, 4) is 0 Å². The van der Waals surface area contributed by atoms with E-state index in [0.29, 0.717) is 0 Å². The average molecular weight is 376 g/mol. The van der Waals surface area contributed by atoms with Crippen LogP contribution in [0.25, 0.3) is 0 Å². The second kappa shape index (κ2) is 7.97. The van der Waals surface area contributed by atoms with Crippen LogP contribution in [0, 0.1) is 0 Å². The molecule has 0 unspecified atom stereocenters. The number of benzene rings is 1. The van der Waals surface area contributed by atoms with Crippen molar-refractivity contribution >= 4 is 5.69 Å². The van der Waals surface area contributed by atoms with E-state index in [-0.39, 0.29) is 50.9 Å². The summed E-state index contributed by atoms with van der Waals surface area (Å²) < 4.78 is 0.890. The van der Waals surface area contributed by atoms with Gasteiger partial charge in [0.2, 0.25) is 0 Å². The van der Waals surface area contributed by atoms with E-state index in [0.717, 1.165) is 4.48 Å². The van der Waals surface area contributed by atoms with Gasteiger partial charge in [-0.3, -0.25) is 4.48 Å². The lowest BCUT2D eigenvalue weighted by molar-refractivity contribution is -0.00100. The predicted octanol–water partition coefficient (Wildman–Crippen LogP) is -7.10. The summed E-state index contributed by atoms with van der Waals surface area (Å²) in [6, 6.07) is 10.5. The second-order valence-electron chi connectivity index (χ2n) is 3.35. The van der Waals surface area contributed by atoms with Gasteiger partial charge in [0.1, 0.15) is 5.69 Å². The lowest BCUT2D eigenvalue weighted by Crippen LogP contribution is -3.00. The first-order valence-electron chi connectivity index (χ1n) is 3.48. The van der Waals surface area contributed by atoms with Crippen molar-refractivity contribution in [1.29, 1.82) is 0 Å². The fraction of sp³-hybridized carbons (Fsp3) is 0.333. The Morgan fingerprint density at radius 1 is 0.769 bits per heavy atom. The van der Waals surface area contributed by atoms with E-state index >= 15 is 0 Å². The molecule has 0 heterocycles. The molecule has 1 aromatic rings. The van der Waals surface area contributed by atoms with Crippen molar-refractivity contribution in [2.24, 2.45) is 0 Å². The number of nitrogens with zero attached hydrogens (tertiary/aromatic N) is 1. The first-order chi connectivity index (χ1) is 4.61. The topological polar surface area (TPSA) is 0 Å². The van der Waals surface area contributed by atoms with Gasteiger partial charge in [-0.15, -0.1) is 0 Å². The third kappa shape index (κ3) is 6.66. The van der Waals surface area contributed by atoms with Crippen LogP contribution in [0.4, 0.5) is 5.69 Å². The summed E-state index contributed by atoms with van der Waals surface area (Å²) in [4.78, 5) is 0. The Kier molecular flexibility index (Phi) is 11.8. The minimum Gasteiger partial charge on any atom is -1.00 e. The van der Waals surface area contributed by atoms with Gasteiger partial charge in [0.25, 0.3) is 0 Å². The Bertz CT molecular complexity index is 206. The summed E-state index contributed by atoms with van der Waals surface area (Å²) in [7, 11) is 6.49. The second-order valence-corrected chi connectivity index (χ2v) is 3.35. The van der Waals surface area contributed by atoms with Crippen LogP contribution in [0.5, 0.6) is 0 Å². The van der Waals surface area contributed by atoms with E-state index in [1.54, 1.807) is 0 Å². The normalized spacial score (nSPS) is 8.85. The monoisotopic (exact) mass is 373 g/mol. The summed E-state index contributed by atoms with van der Waals surface area (Å²) in [5, 5.41) is 0. The maximum absolute atomic E-state index is 2.16. The Hall–Kier alpha value is 0.620. The van der Waals surface area contributed by atoms with Crippen LogP contribution in [0.2, 0.25) is 0 Å². The van der Waals surface area contributed by atoms with Crippen LogP contribution in [-0.4, -0.2) is 21.1 Å². The zero-order chi connectivity index (χ0) is 7.61. The van der Waals surface area contributed by atoms with Crippen molar-refractivity contribution in [3.63, 3.8) is 0 Å². The molecule has 0 spiro atoms. The summed E-state index contributed by atoms with van der Waals surface area (Å²) in [5.74, 6) is 0. The van der Waals surface area contributed by atoms with Gasteiger partial charge in [-0.2, -0.15) is 0 Å². The summed E-state index contributed by atoms with van der Waals surface area (Å²) in [5.41, 5.74) is 1.34. The fourth-order valence-electron chi connectivity index (χ4n) is 0.875. The van der Waals surface area contributed by atoms with Gasteiger partial charge >= 0.3 is 0 Å². The minimum absolute atomic E-state index is 0. The zero-order valence-electron chi connectivity index (χ0n) is 7.97. The number of halogens is 3. The largest absolute Gasteiger partial charge is 1.00 e. The molecular weight excluding hydrogens is 362 g/mol. The molecule has 0 aliphatic rings. The van der Waals surface area contributed by atoms with Crippen molar-refractivity contribution in [1.82, 2.24) is 4.48 Å². The van der Waals surface area contributed by atoms with Gasteiger partial charge in [0, 0.05) is 0 Å². The first-order valence-corrected chi connectivity index (χ1v) is 3.48. The fourth-order valence-corrected chi connectivity index (χ4v) is 0.875. The SMILES string of the molecule is C[N+](C)(C)c1ccccc1.[Br-].[Br-].[Br-]. The maximum atomic E-state index is 2.16. The quantitative estimate of drug-likeness (QED) is 0.428. The predicted molar refractivity (Wildman–Crippen MR) is 46.0 cm³/mol. The molecule has 13 heavy (non-hydrogen) atoms. The van der Waals surface area contributed by atoms with E-state index in [9.17, 15) is 0 Å². The molecule has 78 valence electrons. The van der Waals surface area contributed by atoms with Crippen LogP contribution >= 0.6 is 0 Å². The molecule has 0 atom stereocenters. The molecule has 0 aromatic heterocycles. The van der Waals surface area contributed by atoms with Crippen LogP contribution in [-0.2, 0) is 0 Å². The Morgan fingerprint density at radius 2 is 1.15 bits per heavy atom. The van der Waals surface area contributed by atoms with Crippen molar-refractivity contribution < 1.29 is 50.9 Å². The highest BCUT2D eigenvalue weighted by Gasteiger charge is 2.08. The van der Waals surface area contributed by atoms with E-state index in [2.05, 4.69) is 45.4 Å². The highest BCUT2D eigenvalue weighted by Crippen LogP contribution is 2.14. The average Bonchev–Trinajstić information content (AvgIpc) is 1.88. The van der Waals surface area contributed by atoms with Gasteiger partial charge in [0.05, 0.1) is 21.1 Å². The van der Waals surface area contributed by atoms with Crippen molar-refractivity contribution in [3.05, 3.63) is 30.3 Å².